The summed E-state index contributed by atoms with van der Waals surface area (Å²) < 4.78 is 0. The number of aliphatic hydroxyl groups excluding tert-OH is 1. The van der Waals surface area contributed by atoms with Crippen molar-refractivity contribution in [2.45, 2.75) is 24.8 Å². The van der Waals surface area contributed by atoms with Gasteiger partial charge in [0.25, 0.3) is 0 Å². The highest BCUT2D eigenvalue weighted by atomic mass is 16.3. The van der Waals surface area contributed by atoms with Crippen molar-refractivity contribution < 1.29 is 14.7 Å². The number of nitrogens with one attached hydrogen (secondary N) is 1. The molecule has 1 aliphatic rings. The summed E-state index contributed by atoms with van der Waals surface area (Å²) in [5.41, 5.74) is 8.73. The summed E-state index contributed by atoms with van der Waals surface area (Å²) in [6.07, 6.45) is 1.70. The average Bonchev–Trinajstić information content (AvgIpc) is 2.81. The Hall–Kier alpha value is -3.14. The molecule has 6 heteroatoms. The Labute approximate surface area is 177 Å². The van der Waals surface area contributed by atoms with Crippen LogP contribution >= 0.6 is 0 Å². The average molecular weight is 405 g/mol. The van der Waals surface area contributed by atoms with Crippen molar-refractivity contribution in [2.24, 2.45) is 5.73 Å². The van der Waals surface area contributed by atoms with Crippen molar-refractivity contribution in [3.05, 3.63) is 71.3 Å². The van der Waals surface area contributed by atoms with Crippen molar-refractivity contribution in [3.63, 3.8) is 0 Å². The summed E-state index contributed by atoms with van der Waals surface area (Å²) in [5, 5.41) is 11.6. The summed E-state index contributed by atoms with van der Waals surface area (Å²) in [6.45, 7) is 0.560. The minimum atomic E-state index is -0.843. The maximum atomic E-state index is 12.4. The van der Waals surface area contributed by atoms with Gasteiger partial charge in [-0.2, -0.15) is 0 Å². The predicted molar refractivity (Wildman–Crippen MR) is 116 cm³/mol. The second kappa shape index (κ2) is 10.6. The Bertz CT molecular complexity index is 908. The van der Waals surface area contributed by atoms with E-state index in [0.29, 0.717) is 19.0 Å². The molecule has 30 heavy (non-hydrogen) atoms. The van der Waals surface area contributed by atoms with Gasteiger partial charge in [0.2, 0.25) is 0 Å². The normalized spacial score (nSPS) is 15.1. The number of carbonyl (C=O) groups is 2. The Morgan fingerprint density at radius 3 is 2.20 bits per heavy atom. The van der Waals surface area contributed by atoms with Gasteiger partial charge in [-0.25, -0.2) is 4.79 Å². The zero-order valence-corrected chi connectivity index (χ0v) is 16.9. The first-order valence-electron chi connectivity index (χ1n) is 10.2. The molecule has 0 spiro atoms. The van der Waals surface area contributed by atoms with Crippen LogP contribution in [0.15, 0.2) is 54.6 Å². The number of amides is 2. The number of hydrogen-bond acceptors (Lipinski definition) is 4. The Kier molecular flexibility index (Phi) is 7.61. The van der Waals surface area contributed by atoms with Crippen LogP contribution < -0.4 is 11.1 Å². The molecule has 0 aliphatic carbocycles. The third kappa shape index (κ3) is 5.69. The molecule has 0 aromatic heterocycles. The first kappa shape index (κ1) is 21.6. The Morgan fingerprint density at radius 2 is 1.63 bits per heavy atom. The molecule has 0 radical (unpaired) electrons. The van der Waals surface area contributed by atoms with Gasteiger partial charge in [0.15, 0.2) is 5.78 Å². The van der Waals surface area contributed by atoms with Gasteiger partial charge in [-0.15, -0.1) is 0 Å². The zero-order valence-electron chi connectivity index (χ0n) is 16.9. The minimum absolute atomic E-state index is 0.0267. The number of urea groups is 1. The van der Waals surface area contributed by atoms with Crippen LogP contribution in [0.5, 0.6) is 0 Å². The van der Waals surface area contributed by atoms with Crippen LogP contribution in [0.4, 0.5) is 4.79 Å². The van der Waals surface area contributed by atoms with E-state index in [0.717, 1.165) is 24.0 Å². The number of nitrogens with zero attached hydrogens (tertiary/aromatic N) is 1. The third-order valence-electron chi connectivity index (χ3n) is 5.37. The molecule has 2 aromatic carbocycles. The molecular weight excluding hydrogens is 378 g/mol. The van der Waals surface area contributed by atoms with Gasteiger partial charge >= 0.3 is 6.03 Å². The fraction of sp³-hybridized carbons (Fsp3) is 0.333. The van der Waals surface area contributed by atoms with Crippen molar-refractivity contribution in [2.75, 3.05) is 26.2 Å². The summed E-state index contributed by atoms with van der Waals surface area (Å²) in [6, 6.07) is 17.0. The van der Waals surface area contributed by atoms with E-state index in [-0.39, 0.29) is 12.6 Å². The fourth-order valence-corrected chi connectivity index (χ4v) is 3.54. The maximum Gasteiger partial charge on any atom is 0.318 e. The van der Waals surface area contributed by atoms with Crippen LogP contribution in [0.1, 0.15) is 35.4 Å². The van der Waals surface area contributed by atoms with Gasteiger partial charge < -0.3 is 21.1 Å². The highest BCUT2D eigenvalue weighted by Gasteiger charge is 2.26. The van der Waals surface area contributed by atoms with E-state index in [4.69, 9.17) is 10.8 Å². The standard InChI is InChI=1S/C24H27N3O3/c25-16-22(23(29)17-28)26-24(30)27-14-12-21(13-15-27)20-10-8-19(9-11-20)7-6-18-4-2-1-3-5-18/h1-5,8-11,21-22,28H,12-17,25H2,(H,26,30)/t22-/m0/s1. The first-order chi connectivity index (χ1) is 14.6. The molecule has 2 aromatic rings. The van der Waals surface area contributed by atoms with E-state index in [9.17, 15) is 9.59 Å². The SMILES string of the molecule is NC[C@H](NC(=O)N1CCC(c2ccc(C#Cc3ccccc3)cc2)CC1)C(=O)CO. The molecule has 1 heterocycles. The third-order valence-corrected chi connectivity index (χ3v) is 5.37. The number of Topliss-reactive ketones (excluding diaryl/α,β-unsaturated/α-hetero) is 1. The largest absolute Gasteiger partial charge is 0.388 e. The highest BCUT2D eigenvalue weighted by molar-refractivity contribution is 5.89. The molecular formula is C24H27N3O3. The molecule has 6 nitrogen and oxygen atoms in total. The number of nitrogens with two attached hydrogens (primary N) is 1. The van der Waals surface area contributed by atoms with E-state index >= 15 is 0 Å². The monoisotopic (exact) mass is 405 g/mol. The van der Waals surface area contributed by atoms with Gasteiger partial charge in [-0.05, 0) is 48.6 Å². The van der Waals surface area contributed by atoms with Gasteiger partial charge in [0, 0.05) is 30.8 Å². The van der Waals surface area contributed by atoms with Crippen LogP contribution in [0, 0.1) is 11.8 Å². The predicted octanol–water partition coefficient (Wildman–Crippen LogP) is 1.86. The zero-order chi connectivity index (χ0) is 21.3. The number of carbonyl (C=O) groups excluding carboxylic acids is 2. The van der Waals surface area contributed by atoms with Crippen LogP contribution in [-0.4, -0.2) is 54.1 Å². The number of benzene rings is 2. The number of hydrogen-bond donors (Lipinski definition) is 3. The summed E-state index contributed by atoms with van der Waals surface area (Å²) in [5.74, 6) is 6.25. The first-order valence-corrected chi connectivity index (χ1v) is 10.2. The van der Waals surface area contributed by atoms with E-state index in [2.05, 4.69) is 29.3 Å². The van der Waals surface area contributed by atoms with Crippen molar-refractivity contribution in [1.29, 1.82) is 0 Å². The second-order valence-corrected chi connectivity index (χ2v) is 7.36. The Morgan fingerprint density at radius 1 is 1.03 bits per heavy atom. The summed E-state index contributed by atoms with van der Waals surface area (Å²) >= 11 is 0. The topological polar surface area (TPSA) is 95.7 Å². The van der Waals surface area contributed by atoms with Gasteiger partial charge in [-0.1, -0.05) is 42.2 Å². The van der Waals surface area contributed by atoms with E-state index < -0.39 is 18.4 Å². The smallest absolute Gasteiger partial charge is 0.318 e. The van der Waals surface area contributed by atoms with Crippen LogP contribution in [-0.2, 0) is 4.79 Å². The van der Waals surface area contributed by atoms with Gasteiger partial charge in [0.1, 0.15) is 12.6 Å². The number of ketones is 1. The number of piperidine rings is 1. The van der Waals surface area contributed by atoms with E-state index in [1.54, 1.807) is 4.90 Å². The van der Waals surface area contributed by atoms with Crippen molar-refractivity contribution in [3.8, 4) is 11.8 Å². The molecule has 3 rings (SSSR count). The molecule has 156 valence electrons. The molecule has 4 N–H and O–H groups in total. The van der Waals surface area contributed by atoms with E-state index in [1.165, 1.54) is 5.56 Å². The lowest BCUT2D eigenvalue weighted by atomic mass is 9.89. The number of likely N-dealkylation sites (tertiary alicyclic amines) is 1. The number of aliphatic hydroxyl groups is 1. The molecule has 1 atom stereocenters. The highest BCUT2D eigenvalue weighted by Crippen LogP contribution is 2.28. The second-order valence-electron chi connectivity index (χ2n) is 7.36. The van der Waals surface area contributed by atoms with Crippen molar-refractivity contribution >= 4 is 11.8 Å². The number of rotatable bonds is 5. The lowest BCUT2D eigenvalue weighted by molar-refractivity contribution is -0.123. The van der Waals surface area contributed by atoms with Crippen molar-refractivity contribution in [1.82, 2.24) is 10.2 Å². The summed E-state index contributed by atoms with van der Waals surface area (Å²) in [4.78, 5) is 25.7. The van der Waals surface area contributed by atoms with Gasteiger partial charge in [-0.3, -0.25) is 4.79 Å². The minimum Gasteiger partial charge on any atom is -0.388 e. The van der Waals surface area contributed by atoms with Crippen LogP contribution in [0.25, 0.3) is 0 Å². The lowest BCUT2D eigenvalue weighted by Gasteiger charge is -2.33. The molecule has 0 bridgehead atoms. The molecule has 1 aliphatic heterocycles. The lowest BCUT2D eigenvalue weighted by Crippen LogP contribution is -2.53. The van der Waals surface area contributed by atoms with Gasteiger partial charge in [0.05, 0.1) is 0 Å². The van der Waals surface area contributed by atoms with Crippen LogP contribution in [0.2, 0.25) is 0 Å². The molecule has 2 amide bonds. The quantitative estimate of drug-likeness (QED) is 0.662. The molecule has 1 saturated heterocycles. The maximum absolute atomic E-state index is 12.4. The Balaban J connectivity index is 1.53. The van der Waals surface area contributed by atoms with E-state index in [1.807, 2.05) is 42.5 Å². The molecule has 0 saturated carbocycles. The fourth-order valence-electron chi connectivity index (χ4n) is 3.54. The molecule has 0 unspecified atom stereocenters. The summed E-state index contributed by atoms with van der Waals surface area (Å²) in [7, 11) is 0. The molecule has 1 fully saturated rings. The van der Waals surface area contributed by atoms with Crippen LogP contribution in [0.3, 0.4) is 0 Å².